The fraction of sp³-hybridized carbons (Fsp3) is 0.259. The van der Waals surface area contributed by atoms with E-state index in [0.717, 1.165) is 29.6 Å². The molecule has 0 fully saturated rings. The number of ether oxygens (including phenoxy) is 2. The molecule has 0 atom stereocenters. The van der Waals surface area contributed by atoms with Gasteiger partial charge in [-0.2, -0.15) is 0 Å². The fourth-order valence-corrected chi connectivity index (χ4v) is 3.55. The number of methoxy groups -OCH3 is 1. The lowest BCUT2D eigenvalue weighted by Gasteiger charge is -2.17. The van der Waals surface area contributed by atoms with Crippen LogP contribution < -0.4 is 19.7 Å². The third kappa shape index (κ3) is 6.25. The summed E-state index contributed by atoms with van der Waals surface area (Å²) in [5, 5.41) is 2.85. The van der Waals surface area contributed by atoms with Gasteiger partial charge in [-0.05, 0) is 56.4 Å². The molecule has 0 spiro atoms. The fourth-order valence-electron chi connectivity index (χ4n) is 3.55. The number of benzene rings is 2. The Hall–Kier alpha value is -4.24. The summed E-state index contributed by atoms with van der Waals surface area (Å²) in [7, 11) is 7.31. The van der Waals surface area contributed by atoms with Gasteiger partial charge in [0, 0.05) is 43.2 Å². The van der Waals surface area contributed by atoms with Crippen molar-refractivity contribution >= 4 is 28.6 Å². The largest absolute Gasteiger partial charge is 0.497 e. The minimum Gasteiger partial charge on any atom is -0.497 e. The number of nitrogens with one attached hydrogen (secondary N) is 1. The molecular formula is C27H30N6O3. The van der Waals surface area contributed by atoms with E-state index in [9.17, 15) is 4.79 Å². The Balaban J connectivity index is 1.47. The monoisotopic (exact) mass is 486 g/mol. The lowest BCUT2D eigenvalue weighted by atomic mass is 10.1. The number of pyridine rings is 1. The summed E-state index contributed by atoms with van der Waals surface area (Å²) >= 11 is 0. The molecule has 0 aliphatic carbocycles. The zero-order valence-electron chi connectivity index (χ0n) is 20.9. The van der Waals surface area contributed by atoms with Crippen molar-refractivity contribution in [2.75, 3.05) is 51.6 Å². The van der Waals surface area contributed by atoms with Crippen LogP contribution in [-0.2, 0) is 0 Å². The third-order valence-electron chi connectivity index (χ3n) is 5.57. The molecule has 0 saturated carbocycles. The van der Waals surface area contributed by atoms with Crippen molar-refractivity contribution in [3.63, 3.8) is 0 Å². The number of nitrogens with zero attached hydrogens (tertiary/aromatic N) is 5. The Morgan fingerprint density at radius 1 is 0.944 bits per heavy atom. The molecule has 0 unspecified atom stereocenters. The van der Waals surface area contributed by atoms with Crippen LogP contribution in [0.4, 0.5) is 16.3 Å². The first-order valence-corrected chi connectivity index (χ1v) is 11.6. The summed E-state index contributed by atoms with van der Waals surface area (Å²) in [5.41, 5.74) is 3.92. The van der Waals surface area contributed by atoms with Gasteiger partial charge in [-0.25, -0.2) is 14.8 Å². The number of hydrogen-bond acceptors (Lipinski definition) is 7. The van der Waals surface area contributed by atoms with E-state index in [1.807, 2.05) is 56.6 Å². The Morgan fingerprint density at radius 3 is 2.53 bits per heavy atom. The van der Waals surface area contributed by atoms with Crippen LogP contribution in [0.2, 0.25) is 0 Å². The molecule has 0 aliphatic heterocycles. The van der Waals surface area contributed by atoms with E-state index in [1.54, 1.807) is 38.7 Å². The number of anilines is 2. The van der Waals surface area contributed by atoms with Gasteiger partial charge in [0.15, 0.2) is 5.82 Å². The molecule has 4 aromatic rings. The minimum atomic E-state index is -0.335. The van der Waals surface area contributed by atoms with E-state index in [1.165, 1.54) is 4.90 Å². The molecular weight excluding hydrogens is 456 g/mol. The smallest absolute Gasteiger partial charge is 0.327 e. The summed E-state index contributed by atoms with van der Waals surface area (Å²) < 4.78 is 10.9. The Morgan fingerprint density at radius 2 is 1.78 bits per heavy atom. The van der Waals surface area contributed by atoms with Crippen LogP contribution in [0.5, 0.6) is 11.6 Å². The number of carbonyl (C=O) groups excluding carboxylic acids is 1. The van der Waals surface area contributed by atoms with Crippen molar-refractivity contribution in [2.24, 2.45) is 0 Å². The van der Waals surface area contributed by atoms with Gasteiger partial charge < -0.3 is 19.7 Å². The quantitative estimate of drug-likeness (QED) is 0.343. The second-order valence-corrected chi connectivity index (χ2v) is 8.54. The maximum atomic E-state index is 12.8. The van der Waals surface area contributed by atoms with Crippen molar-refractivity contribution in [3.05, 3.63) is 67.0 Å². The maximum Gasteiger partial charge on any atom is 0.327 e. The summed E-state index contributed by atoms with van der Waals surface area (Å²) in [6, 6.07) is 16.5. The topological polar surface area (TPSA) is 92.7 Å². The highest BCUT2D eigenvalue weighted by atomic mass is 16.5. The molecule has 0 aliphatic rings. The normalized spacial score (nSPS) is 10.9. The van der Waals surface area contributed by atoms with Gasteiger partial charge in [-0.1, -0.05) is 12.1 Å². The molecule has 9 heteroatoms. The molecule has 0 bridgehead atoms. The number of urea groups is 1. The van der Waals surface area contributed by atoms with Gasteiger partial charge in [0.2, 0.25) is 5.88 Å². The summed E-state index contributed by atoms with van der Waals surface area (Å²) in [6.45, 7) is 1.59. The predicted octanol–water partition coefficient (Wildman–Crippen LogP) is 4.70. The highest BCUT2D eigenvalue weighted by molar-refractivity contribution is 6.01. The maximum absolute atomic E-state index is 12.8. The van der Waals surface area contributed by atoms with E-state index in [2.05, 4.69) is 25.2 Å². The van der Waals surface area contributed by atoms with Gasteiger partial charge in [-0.15, -0.1) is 0 Å². The average molecular weight is 487 g/mol. The molecule has 2 aromatic carbocycles. The summed E-state index contributed by atoms with van der Waals surface area (Å²) in [5.74, 6) is 1.69. The van der Waals surface area contributed by atoms with E-state index < -0.39 is 0 Å². The molecule has 2 amide bonds. The average Bonchev–Trinajstić information content (AvgIpc) is 2.90. The van der Waals surface area contributed by atoms with Crippen LogP contribution in [0.3, 0.4) is 0 Å². The third-order valence-corrected chi connectivity index (χ3v) is 5.57. The lowest BCUT2D eigenvalue weighted by Crippen LogP contribution is -2.31. The Kier molecular flexibility index (Phi) is 7.92. The molecule has 36 heavy (non-hydrogen) atoms. The first-order valence-electron chi connectivity index (χ1n) is 11.6. The molecule has 2 heterocycles. The molecule has 0 radical (unpaired) electrons. The van der Waals surface area contributed by atoms with E-state index >= 15 is 0 Å². The van der Waals surface area contributed by atoms with Crippen molar-refractivity contribution in [1.29, 1.82) is 0 Å². The number of fused-ring (bicyclic) bond motifs is 1. The number of carbonyl (C=O) groups is 1. The van der Waals surface area contributed by atoms with Crippen LogP contribution in [0.15, 0.2) is 67.0 Å². The number of amides is 2. The first kappa shape index (κ1) is 24.9. The van der Waals surface area contributed by atoms with Crippen LogP contribution in [-0.4, -0.2) is 67.3 Å². The molecule has 1 N–H and O–H groups in total. The van der Waals surface area contributed by atoms with E-state index in [-0.39, 0.29) is 6.03 Å². The van der Waals surface area contributed by atoms with E-state index in [0.29, 0.717) is 35.3 Å². The highest BCUT2D eigenvalue weighted by Gasteiger charge is 2.14. The summed E-state index contributed by atoms with van der Waals surface area (Å²) in [4.78, 5) is 29.9. The SMILES string of the molecule is COc1cccc(NC(=O)N(C)c2cnc3ccc(-c4ccc(OCCCN(C)C)nc4)cc3n2)c1. The standard InChI is InChI=1S/C27H30N6O3/c1-32(2)13-6-14-36-26-12-10-20(17-29-26)19-9-11-23-24(15-19)31-25(18-28-23)33(3)27(34)30-21-7-5-8-22(16-21)35-4/h5,7-12,15-18H,6,13-14H2,1-4H3,(H,30,34). The van der Waals surface area contributed by atoms with Crippen molar-refractivity contribution in [3.8, 4) is 22.8 Å². The zero-order valence-corrected chi connectivity index (χ0v) is 20.9. The molecule has 0 saturated heterocycles. The van der Waals surface area contributed by atoms with Crippen LogP contribution in [0.25, 0.3) is 22.2 Å². The van der Waals surface area contributed by atoms with Crippen molar-refractivity contribution in [2.45, 2.75) is 6.42 Å². The van der Waals surface area contributed by atoms with Crippen LogP contribution in [0.1, 0.15) is 6.42 Å². The van der Waals surface area contributed by atoms with Gasteiger partial charge in [0.25, 0.3) is 0 Å². The lowest BCUT2D eigenvalue weighted by molar-refractivity contribution is 0.258. The second kappa shape index (κ2) is 11.5. The van der Waals surface area contributed by atoms with Gasteiger partial charge in [-0.3, -0.25) is 9.88 Å². The van der Waals surface area contributed by atoms with Crippen LogP contribution in [0, 0.1) is 0 Å². The van der Waals surface area contributed by atoms with Crippen LogP contribution >= 0.6 is 0 Å². The number of hydrogen-bond donors (Lipinski definition) is 1. The molecule has 9 nitrogen and oxygen atoms in total. The Labute approximate surface area is 210 Å². The molecule has 4 rings (SSSR count). The van der Waals surface area contributed by atoms with Gasteiger partial charge in [0.05, 0.1) is 30.9 Å². The molecule has 2 aromatic heterocycles. The zero-order chi connectivity index (χ0) is 25.5. The number of rotatable bonds is 9. The number of aromatic nitrogens is 3. The van der Waals surface area contributed by atoms with Crippen molar-refractivity contribution < 1.29 is 14.3 Å². The van der Waals surface area contributed by atoms with Crippen molar-refractivity contribution in [1.82, 2.24) is 19.9 Å². The first-order chi connectivity index (χ1) is 17.4. The predicted molar refractivity (Wildman–Crippen MR) is 142 cm³/mol. The van der Waals surface area contributed by atoms with E-state index in [4.69, 9.17) is 9.47 Å². The molecule has 186 valence electrons. The van der Waals surface area contributed by atoms with Gasteiger partial charge in [0.1, 0.15) is 5.75 Å². The van der Waals surface area contributed by atoms with Gasteiger partial charge >= 0.3 is 6.03 Å². The second-order valence-electron chi connectivity index (χ2n) is 8.54. The Bertz CT molecular complexity index is 1330. The highest BCUT2D eigenvalue weighted by Crippen LogP contribution is 2.25. The minimum absolute atomic E-state index is 0.335. The summed E-state index contributed by atoms with van der Waals surface area (Å²) in [6.07, 6.45) is 4.30.